The predicted molar refractivity (Wildman–Crippen MR) is 76.2 cm³/mol. The molecule has 0 aromatic carbocycles. The molecule has 0 amide bonds. The molecule has 18 heavy (non-hydrogen) atoms. The number of rotatable bonds is 3. The molecule has 0 radical (unpaired) electrons. The lowest BCUT2D eigenvalue weighted by Crippen LogP contribution is -2.28. The van der Waals surface area contributed by atoms with Gasteiger partial charge in [0.25, 0.3) is 0 Å². The second kappa shape index (κ2) is 5.18. The third kappa shape index (κ3) is 2.46. The first-order chi connectivity index (χ1) is 8.85. The number of anilines is 1. The van der Waals surface area contributed by atoms with Gasteiger partial charge in [-0.1, -0.05) is 6.42 Å². The van der Waals surface area contributed by atoms with Crippen LogP contribution in [-0.2, 0) is 0 Å². The van der Waals surface area contributed by atoms with Gasteiger partial charge < -0.3 is 5.32 Å². The maximum Gasteiger partial charge on any atom is 0.157 e. The number of aromatic nitrogens is 3. The highest BCUT2D eigenvalue weighted by molar-refractivity contribution is 7.99. The fourth-order valence-corrected chi connectivity index (χ4v) is 3.42. The van der Waals surface area contributed by atoms with Crippen molar-refractivity contribution in [2.45, 2.75) is 37.0 Å². The summed E-state index contributed by atoms with van der Waals surface area (Å²) in [6, 6.07) is 4.49. The van der Waals surface area contributed by atoms with E-state index in [9.17, 15) is 0 Å². The van der Waals surface area contributed by atoms with E-state index >= 15 is 0 Å². The van der Waals surface area contributed by atoms with Gasteiger partial charge in [-0.2, -0.15) is 16.9 Å². The summed E-state index contributed by atoms with van der Waals surface area (Å²) < 4.78 is 1.79. The minimum atomic E-state index is 0.564. The van der Waals surface area contributed by atoms with Gasteiger partial charge in [-0.25, -0.2) is 9.50 Å². The second-order valence-corrected chi connectivity index (χ2v) is 5.95. The predicted octanol–water partition coefficient (Wildman–Crippen LogP) is 2.82. The molecule has 4 nitrogen and oxygen atoms in total. The molecular weight excluding hydrogens is 244 g/mol. The Morgan fingerprint density at radius 1 is 1.39 bits per heavy atom. The molecule has 1 N–H and O–H groups in total. The van der Waals surface area contributed by atoms with Gasteiger partial charge in [-0.05, 0) is 31.6 Å². The van der Waals surface area contributed by atoms with Crippen molar-refractivity contribution in [3.05, 3.63) is 24.5 Å². The van der Waals surface area contributed by atoms with Gasteiger partial charge in [0.15, 0.2) is 5.65 Å². The third-order valence-corrected chi connectivity index (χ3v) is 4.66. The highest BCUT2D eigenvalue weighted by Crippen LogP contribution is 2.28. The molecule has 2 heterocycles. The van der Waals surface area contributed by atoms with Crippen molar-refractivity contribution >= 4 is 23.2 Å². The Hall–Kier alpha value is -1.23. The Labute approximate surface area is 111 Å². The van der Waals surface area contributed by atoms with Gasteiger partial charge in [0.2, 0.25) is 0 Å². The maximum atomic E-state index is 4.56. The first kappa shape index (κ1) is 11.8. The summed E-state index contributed by atoms with van der Waals surface area (Å²) in [5.41, 5.74) is 0.900. The van der Waals surface area contributed by atoms with Crippen molar-refractivity contribution in [2.24, 2.45) is 0 Å². The van der Waals surface area contributed by atoms with Crippen LogP contribution in [0.1, 0.15) is 25.7 Å². The van der Waals surface area contributed by atoms with E-state index in [4.69, 9.17) is 0 Å². The largest absolute Gasteiger partial charge is 0.367 e. The van der Waals surface area contributed by atoms with Crippen LogP contribution in [0.25, 0.3) is 5.65 Å². The van der Waals surface area contributed by atoms with Crippen LogP contribution in [0.4, 0.5) is 5.82 Å². The average molecular weight is 262 g/mol. The van der Waals surface area contributed by atoms with Crippen molar-refractivity contribution in [1.29, 1.82) is 0 Å². The SMILES string of the molecule is CSC1CCCC(Nc2ccn3nccc3n2)C1. The lowest BCUT2D eigenvalue weighted by Gasteiger charge is -2.29. The Kier molecular flexibility index (Phi) is 3.41. The molecule has 2 aromatic heterocycles. The van der Waals surface area contributed by atoms with Crippen LogP contribution in [-0.4, -0.2) is 32.1 Å². The van der Waals surface area contributed by atoms with Crippen molar-refractivity contribution in [1.82, 2.24) is 14.6 Å². The van der Waals surface area contributed by atoms with Crippen molar-refractivity contribution in [3.63, 3.8) is 0 Å². The Bertz CT molecular complexity index is 524. The molecule has 1 aliphatic carbocycles. The molecule has 0 saturated heterocycles. The van der Waals surface area contributed by atoms with E-state index in [-0.39, 0.29) is 0 Å². The zero-order valence-corrected chi connectivity index (χ0v) is 11.4. The van der Waals surface area contributed by atoms with Gasteiger partial charge in [-0.3, -0.25) is 0 Å². The number of thioether (sulfide) groups is 1. The summed E-state index contributed by atoms with van der Waals surface area (Å²) in [5.74, 6) is 0.967. The fraction of sp³-hybridized carbons (Fsp3) is 0.538. The Balaban J connectivity index is 1.71. The molecule has 2 unspecified atom stereocenters. The summed E-state index contributed by atoms with van der Waals surface area (Å²) in [6.45, 7) is 0. The van der Waals surface area contributed by atoms with Crippen LogP contribution in [0.2, 0.25) is 0 Å². The first-order valence-electron chi connectivity index (χ1n) is 6.45. The maximum absolute atomic E-state index is 4.56. The molecule has 0 bridgehead atoms. The summed E-state index contributed by atoms with van der Waals surface area (Å²) >= 11 is 1.99. The molecule has 1 saturated carbocycles. The fourth-order valence-electron chi connectivity index (χ4n) is 2.59. The van der Waals surface area contributed by atoms with Crippen LogP contribution < -0.4 is 5.32 Å². The monoisotopic (exact) mass is 262 g/mol. The summed E-state index contributed by atoms with van der Waals surface area (Å²) in [5, 5.41) is 8.52. The van der Waals surface area contributed by atoms with E-state index in [2.05, 4.69) is 21.7 Å². The van der Waals surface area contributed by atoms with Crippen LogP contribution in [0, 0.1) is 0 Å². The van der Waals surface area contributed by atoms with Crippen molar-refractivity contribution in [3.8, 4) is 0 Å². The van der Waals surface area contributed by atoms with E-state index in [1.165, 1.54) is 25.7 Å². The average Bonchev–Trinajstić information content (AvgIpc) is 2.86. The van der Waals surface area contributed by atoms with Gasteiger partial charge in [-0.15, -0.1) is 0 Å². The van der Waals surface area contributed by atoms with Crippen molar-refractivity contribution in [2.75, 3.05) is 11.6 Å². The van der Waals surface area contributed by atoms with Gasteiger partial charge in [0.05, 0.1) is 6.20 Å². The standard InChI is InChI=1S/C13H18N4S/c1-18-11-4-2-3-10(9-11)15-12-6-8-17-13(16-12)5-7-14-17/h5-8,10-11H,2-4,9H2,1H3,(H,15,16). The van der Waals surface area contributed by atoms with Gasteiger partial charge >= 0.3 is 0 Å². The van der Waals surface area contributed by atoms with E-state index < -0.39 is 0 Å². The lowest BCUT2D eigenvalue weighted by atomic mass is 9.95. The minimum Gasteiger partial charge on any atom is -0.367 e. The van der Waals surface area contributed by atoms with E-state index in [0.717, 1.165) is 16.7 Å². The Morgan fingerprint density at radius 3 is 3.22 bits per heavy atom. The number of hydrogen-bond donors (Lipinski definition) is 1. The summed E-state index contributed by atoms with van der Waals surface area (Å²) in [4.78, 5) is 4.56. The molecule has 1 aliphatic rings. The molecule has 0 spiro atoms. The molecule has 2 atom stereocenters. The Morgan fingerprint density at radius 2 is 2.33 bits per heavy atom. The third-order valence-electron chi connectivity index (χ3n) is 3.57. The number of fused-ring (bicyclic) bond motifs is 1. The molecular formula is C13H18N4S. The highest BCUT2D eigenvalue weighted by Gasteiger charge is 2.21. The van der Waals surface area contributed by atoms with Crippen LogP contribution in [0.5, 0.6) is 0 Å². The lowest BCUT2D eigenvalue weighted by molar-refractivity contribution is 0.473. The molecule has 96 valence electrons. The quantitative estimate of drug-likeness (QED) is 0.923. The highest BCUT2D eigenvalue weighted by atomic mass is 32.2. The molecule has 0 aliphatic heterocycles. The van der Waals surface area contributed by atoms with E-state index in [0.29, 0.717) is 6.04 Å². The van der Waals surface area contributed by atoms with E-state index in [1.54, 1.807) is 10.7 Å². The number of nitrogens with zero attached hydrogens (tertiary/aromatic N) is 3. The topological polar surface area (TPSA) is 42.2 Å². The van der Waals surface area contributed by atoms with Crippen LogP contribution in [0.3, 0.4) is 0 Å². The normalized spacial score (nSPS) is 24.3. The second-order valence-electron chi connectivity index (χ2n) is 4.81. The van der Waals surface area contributed by atoms with Gasteiger partial charge in [0.1, 0.15) is 5.82 Å². The number of hydrogen-bond acceptors (Lipinski definition) is 4. The molecule has 1 fully saturated rings. The van der Waals surface area contributed by atoms with Gasteiger partial charge in [0, 0.05) is 23.6 Å². The minimum absolute atomic E-state index is 0.564. The number of nitrogens with one attached hydrogen (secondary N) is 1. The smallest absolute Gasteiger partial charge is 0.157 e. The first-order valence-corrected chi connectivity index (χ1v) is 7.73. The molecule has 5 heteroatoms. The zero-order chi connectivity index (χ0) is 12.4. The van der Waals surface area contributed by atoms with Crippen LogP contribution >= 0.6 is 11.8 Å². The van der Waals surface area contributed by atoms with Crippen LogP contribution in [0.15, 0.2) is 24.5 Å². The molecule has 2 aromatic rings. The van der Waals surface area contributed by atoms with Crippen molar-refractivity contribution < 1.29 is 0 Å². The molecule has 3 rings (SSSR count). The summed E-state index contributed by atoms with van der Waals surface area (Å²) in [7, 11) is 0. The summed E-state index contributed by atoms with van der Waals surface area (Å²) in [6.07, 6.45) is 11.1. The van der Waals surface area contributed by atoms with E-state index in [1.807, 2.05) is 30.1 Å². The zero-order valence-electron chi connectivity index (χ0n) is 10.5.